The van der Waals surface area contributed by atoms with Gasteiger partial charge in [0.15, 0.2) is 5.54 Å². The first-order chi connectivity index (χ1) is 10.6. The third-order valence-electron chi connectivity index (χ3n) is 5.14. The third kappa shape index (κ3) is 1.86. The zero-order valence-corrected chi connectivity index (χ0v) is 13.9. The van der Waals surface area contributed by atoms with Gasteiger partial charge in [0.2, 0.25) is 5.91 Å². The lowest BCUT2D eigenvalue weighted by Gasteiger charge is -2.53. The van der Waals surface area contributed by atoms with Crippen molar-refractivity contribution in [3.63, 3.8) is 0 Å². The van der Waals surface area contributed by atoms with E-state index >= 15 is 0 Å². The molecule has 1 aliphatic heterocycles. The van der Waals surface area contributed by atoms with Gasteiger partial charge in [-0.15, -0.1) is 0 Å². The highest BCUT2D eigenvalue weighted by atomic mass is 16.5. The Kier molecular flexibility index (Phi) is 3.13. The van der Waals surface area contributed by atoms with Crippen LogP contribution < -0.4 is 5.73 Å². The molecule has 2 N–H and O–H groups in total. The van der Waals surface area contributed by atoms with Crippen molar-refractivity contribution in [3.05, 3.63) is 60.1 Å². The lowest BCUT2D eigenvalue weighted by Crippen LogP contribution is -2.67. The number of carbonyl (C=O) groups is 1. The highest BCUT2D eigenvalue weighted by Crippen LogP contribution is 2.50. The van der Waals surface area contributed by atoms with Crippen LogP contribution in [0.2, 0.25) is 0 Å². The minimum atomic E-state index is -1.26. The summed E-state index contributed by atoms with van der Waals surface area (Å²) in [5, 5.41) is 14.1. The maximum Gasteiger partial charge on any atom is 0.250 e. The summed E-state index contributed by atoms with van der Waals surface area (Å²) in [5.41, 5.74) is 4.58. The van der Waals surface area contributed by atoms with E-state index in [1.54, 1.807) is 36.9 Å². The SMILES string of the molecule is CC1(C)C=CC=C2C1=CC(C(N)=O)(n1cccc1)C(C)(C)N2[O]. The average molecular weight is 312 g/mol. The molecule has 1 amide bonds. The predicted molar refractivity (Wildman–Crippen MR) is 87.3 cm³/mol. The van der Waals surface area contributed by atoms with Crippen LogP contribution in [0.25, 0.3) is 0 Å². The van der Waals surface area contributed by atoms with Crippen LogP contribution in [0, 0.1) is 5.41 Å². The molecule has 0 spiro atoms. The van der Waals surface area contributed by atoms with E-state index in [9.17, 15) is 10.0 Å². The number of amides is 1. The van der Waals surface area contributed by atoms with E-state index in [0.717, 1.165) is 10.6 Å². The lowest BCUT2D eigenvalue weighted by molar-refractivity contribution is -0.217. The van der Waals surface area contributed by atoms with Gasteiger partial charge in [-0.3, -0.25) is 4.79 Å². The van der Waals surface area contributed by atoms with Crippen molar-refractivity contribution in [1.29, 1.82) is 0 Å². The number of nitrogens with zero attached hydrogens (tertiary/aromatic N) is 2. The van der Waals surface area contributed by atoms with Gasteiger partial charge in [0.05, 0.1) is 5.70 Å². The molecular formula is C18H22N3O2. The zero-order valence-electron chi connectivity index (χ0n) is 13.9. The quantitative estimate of drug-likeness (QED) is 0.911. The molecule has 23 heavy (non-hydrogen) atoms. The number of nitrogens with two attached hydrogens (primary N) is 1. The number of carbonyl (C=O) groups excluding carboxylic acids is 1. The molecule has 121 valence electrons. The average Bonchev–Trinajstić information content (AvgIpc) is 2.97. The highest BCUT2D eigenvalue weighted by Gasteiger charge is 2.58. The first kappa shape index (κ1) is 15.6. The maximum atomic E-state index is 13.1. The van der Waals surface area contributed by atoms with Crippen molar-refractivity contribution in [2.24, 2.45) is 11.1 Å². The normalized spacial score (nSPS) is 28.0. The van der Waals surface area contributed by atoms with Crippen LogP contribution in [0.4, 0.5) is 0 Å². The summed E-state index contributed by atoms with van der Waals surface area (Å²) in [5.74, 6) is -0.545. The smallest absolute Gasteiger partial charge is 0.250 e. The number of allylic oxidation sites excluding steroid dienone is 4. The van der Waals surface area contributed by atoms with Gasteiger partial charge in [0.1, 0.15) is 5.54 Å². The fraction of sp³-hybridized carbons (Fsp3) is 0.389. The van der Waals surface area contributed by atoms with Crippen LogP contribution in [0.5, 0.6) is 0 Å². The monoisotopic (exact) mass is 312 g/mol. The second kappa shape index (κ2) is 4.61. The fourth-order valence-electron chi connectivity index (χ4n) is 3.63. The van der Waals surface area contributed by atoms with E-state index in [2.05, 4.69) is 0 Å². The molecule has 5 nitrogen and oxygen atoms in total. The van der Waals surface area contributed by atoms with Gasteiger partial charge in [0, 0.05) is 17.8 Å². The summed E-state index contributed by atoms with van der Waals surface area (Å²) in [4.78, 5) is 12.6. The number of hydroxylamine groups is 2. The van der Waals surface area contributed by atoms with Gasteiger partial charge >= 0.3 is 0 Å². The Labute approximate surface area is 136 Å². The van der Waals surface area contributed by atoms with Crippen LogP contribution in [0.15, 0.2) is 60.1 Å². The summed E-state index contributed by atoms with van der Waals surface area (Å²) < 4.78 is 1.73. The Morgan fingerprint density at radius 3 is 2.30 bits per heavy atom. The van der Waals surface area contributed by atoms with E-state index in [4.69, 9.17) is 5.73 Å². The van der Waals surface area contributed by atoms with Crippen molar-refractivity contribution in [2.75, 3.05) is 0 Å². The van der Waals surface area contributed by atoms with Crippen LogP contribution in [-0.2, 0) is 15.5 Å². The van der Waals surface area contributed by atoms with Crippen molar-refractivity contribution >= 4 is 5.91 Å². The van der Waals surface area contributed by atoms with Gasteiger partial charge in [-0.25, -0.2) is 5.06 Å². The van der Waals surface area contributed by atoms with Crippen LogP contribution in [-0.4, -0.2) is 21.1 Å². The van der Waals surface area contributed by atoms with Crippen molar-refractivity contribution in [1.82, 2.24) is 9.63 Å². The summed E-state index contributed by atoms with van der Waals surface area (Å²) >= 11 is 0. The molecule has 0 saturated heterocycles. The lowest BCUT2D eigenvalue weighted by atomic mass is 9.67. The second-order valence-electron chi connectivity index (χ2n) is 7.27. The van der Waals surface area contributed by atoms with Gasteiger partial charge in [-0.2, -0.15) is 0 Å². The molecule has 2 heterocycles. The van der Waals surface area contributed by atoms with E-state index in [1.165, 1.54) is 0 Å². The Bertz CT molecular complexity index is 738. The number of primary amides is 1. The number of hydrogen-bond donors (Lipinski definition) is 1. The standard InChI is InChI=1S/C18H22N3O2/c1-16(2)9-7-8-14-13(16)12-18(15(19)22,17(3,4)21(14)23)20-10-5-6-11-20/h5-12H,1-4H3,(H2,19,22). The maximum absolute atomic E-state index is 13.1. The first-order valence-electron chi connectivity index (χ1n) is 7.68. The van der Waals surface area contributed by atoms with E-state index in [-0.39, 0.29) is 5.41 Å². The van der Waals surface area contributed by atoms with E-state index < -0.39 is 17.0 Å². The molecule has 1 radical (unpaired) electrons. The predicted octanol–water partition coefficient (Wildman–Crippen LogP) is 2.51. The Morgan fingerprint density at radius 1 is 1.13 bits per heavy atom. The van der Waals surface area contributed by atoms with Gasteiger partial charge < -0.3 is 10.3 Å². The molecule has 0 saturated carbocycles. The summed E-state index contributed by atoms with van der Waals surface area (Å²) in [7, 11) is 0. The number of rotatable bonds is 2. The van der Waals surface area contributed by atoms with Crippen molar-refractivity contribution < 1.29 is 10.0 Å². The Hall–Kier alpha value is -2.27. The molecule has 1 aromatic heterocycles. The van der Waals surface area contributed by atoms with Crippen LogP contribution in [0.3, 0.4) is 0 Å². The molecule has 0 bridgehead atoms. The molecule has 5 heteroatoms. The summed E-state index contributed by atoms with van der Waals surface area (Å²) in [6, 6.07) is 3.65. The van der Waals surface area contributed by atoms with Crippen LogP contribution >= 0.6 is 0 Å². The highest BCUT2D eigenvalue weighted by molar-refractivity contribution is 5.88. The topological polar surface area (TPSA) is 71.2 Å². The van der Waals surface area contributed by atoms with Gasteiger partial charge in [-0.1, -0.05) is 31.2 Å². The molecule has 0 fully saturated rings. The Balaban J connectivity index is 2.38. The van der Waals surface area contributed by atoms with Gasteiger partial charge in [-0.05, 0) is 43.7 Å². The first-order valence-corrected chi connectivity index (χ1v) is 7.68. The fourth-order valence-corrected chi connectivity index (χ4v) is 3.63. The molecule has 1 aliphatic carbocycles. The molecule has 3 rings (SSSR count). The van der Waals surface area contributed by atoms with Gasteiger partial charge in [0.25, 0.3) is 0 Å². The second-order valence-corrected chi connectivity index (χ2v) is 7.27. The molecule has 2 aliphatic rings. The molecule has 1 unspecified atom stereocenters. The summed E-state index contributed by atoms with van der Waals surface area (Å²) in [6.45, 7) is 7.56. The minimum Gasteiger partial charge on any atom is -0.367 e. The molecule has 0 aromatic carbocycles. The minimum absolute atomic E-state index is 0.350. The summed E-state index contributed by atoms with van der Waals surface area (Å²) in [6.07, 6.45) is 11.1. The largest absolute Gasteiger partial charge is 0.367 e. The van der Waals surface area contributed by atoms with E-state index in [1.807, 2.05) is 44.2 Å². The number of hydrogen-bond acceptors (Lipinski definition) is 2. The van der Waals surface area contributed by atoms with Crippen molar-refractivity contribution in [3.8, 4) is 0 Å². The molecule has 1 aromatic rings. The molecule has 1 atom stereocenters. The van der Waals surface area contributed by atoms with Crippen LogP contribution in [0.1, 0.15) is 27.7 Å². The Morgan fingerprint density at radius 2 is 1.74 bits per heavy atom. The number of aromatic nitrogens is 1. The third-order valence-corrected chi connectivity index (χ3v) is 5.14. The molecular weight excluding hydrogens is 290 g/mol. The van der Waals surface area contributed by atoms with E-state index in [0.29, 0.717) is 5.70 Å². The zero-order chi connectivity index (χ0) is 17.0. The number of fused-ring (bicyclic) bond motifs is 1. The van der Waals surface area contributed by atoms with Crippen molar-refractivity contribution in [2.45, 2.75) is 38.8 Å².